The Balaban J connectivity index is 2.53. The van der Waals surface area contributed by atoms with E-state index in [0.29, 0.717) is 59.4 Å². The van der Waals surface area contributed by atoms with Gasteiger partial charge in [0, 0.05) is 6.61 Å². The molecule has 0 spiro atoms. The van der Waals surface area contributed by atoms with Gasteiger partial charge in [0.05, 0.1) is 23.5 Å². The molecule has 0 amide bonds. The van der Waals surface area contributed by atoms with Crippen LogP contribution < -0.4 is 0 Å². The summed E-state index contributed by atoms with van der Waals surface area (Å²) in [5.41, 5.74) is 2.64. The molecule has 2 saturated carbocycles. The van der Waals surface area contributed by atoms with Crippen molar-refractivity contribution < 1.29 is 4.43 Å². The van der Waals surface area contributed by atoms with E-state index in [9.17, 15) is 0 Å². The molecule has 0 N–H and O–H groups in total. The Morgan fingerprint density at radius 2 is 1.03 bits per heavy atom. The summed E-state index contributed by atoms with van der Waals surface area (Å²) in [7, 11) is -1.51. The maximum absolute atomic E-state index is 6.29. The molecule has 0 saturated heterocycles. The minimum Gasteiger partial charge on any atom is -0.418 e. The van der Waals surface area contributed by atoms with Crippen molar-refractivity contribution in [2.45, 2.75) is 152 Å². The van der Waals surface area contributed by atoms with Crippen LogP contribution in [0.25, 0.3) is 0 Å². The lowest BCUT2D eigenvalue weighted by molar-refractivity contribution is 0.141. The van der Waals surface area contributed by atoms with Crippen LogP contribution in [0.2, 0.25) is 19.6 Å². The van der Waals surface area contributed by atoms with Gasteiger partial charge in [-0.2, -0.15) is 0 Å². The Kier molecular flexibility index (Phi) is 13.8. The Morgan fingerprint density at radius 3 is 1.34 bits per heavy atom. The number of hydrogen-bond donors (Lipinski definition) is 0. The summed E-state index contributed by atoms with van der Waals surface area (Å²) in [6.07, 6.45) is 11.1. The summed E-state index contributed by atoms with van der Waals surface area (Å²) in [5.74, 6) is 5.47. The van der Waals surface area contributed by atoms with Crippen LogP contribution >= 0.6 is 0 Å². The van der Waals surface area contributed by atoms with Gasteiger partial charge < -0.3 is 4.43 Å². The van der Waals surface area contributed by atoms with Gasteiger partial charge >= 0.3 is 0 Å². The molecule has 4 unspecified atom stereocenters. The predicted octanol–water partition coefficient (Wildman–Crippen LogP) is 10.1. The van der Waals surface area contributed by atoms with Crippen molar-refractivity contribution in [1.82, 2.24) is 0 Å². The highest BCUT2D eigenvalue weighted by atomic mass is 28.4. The van der Waals surface area contributed by atoms with Gasteiger partial charge in [-0.05, 0) is 112 Å². The molecule has 2 fully saturated rings. The van der Waals surface area contributed by atoms with Gasteiger partial charge in [-0.15, -0.1) is 0 Å². The van der Waals surface area contributed by atoms with E-state index < -0.39 is 8.32 Å². The van der Waals surface area contributed by atoms with Crippen LogP contribution in [0.4, 0.5) is 0 Å². The summed E-state index contributed by atoms with van der Waals surface area (Å²) < 4.78 is 6.29. The normalized spacial score (nSPS) is 30.2. The number of aliphatic imine (C=N–C) groups is 2. The molecule has 0 aliphatic heterocycles. The molecule has 4 atom stereocenters. The molecular formula is C34H66N2OSi. The number of hydrogen-bond acceptors (Lipinski definition) is 3. The van der Waals surface area contributed by atoms with Gasteiger partial charge in [0.25, 0.3) is 0 Å². The average Bonchev–Trinajstić information content (AvgIpc) is 2.83. The standard InChI is InChI=1S/C34H66N2OSi/c1-13-31(35-33-27(23(2)3)17-14-18-28(33)24(4)5)32(21-16-22-37-38(10,11)12)36-34-29(25(6)7)19-15-20-30(34)26(8)9/h23-30,33-34H,13-22H2,1-12H3. The zero-order chi connectivity index (χ0) is 28.6. The average molecular weight is 547 g/mol. The first kappa shape index (κ1) is 33.7. The number of nitrogens with zero attached hydrogens (tertiary/aromatic N) is 2. The van der Waals surface area contributed by atoms with E-state index in [1.54, 1.807) is 0 Å². The Morgan fingerprint density at radius 1 is 0.658 bits per heavy atom. The van der Waals surface area contributed by atoms with E-state index in [4.69, 9.17) is 14.4 Å². The fraction of sp³-hybridized carbons (Fsp3) is 0.941. The van der Waals surface area contributed by atoms with E-state index in [-0.39, 0.29) is 0 Å². The highest BCUT2D eigenvalue weighted by Crippen LogP contribution is 2.41. The quantitative estimate of drug-likeness (QED) is 0.128. The molecule has 2 aliphatic carbocycles. The second-order valence-corrected chi connectivity index (χ2v) is 19.6. The number of rotatable bonds is 13. The molecule has 0 aromatic rings. The van der Waals surface area contributed by atoms with Crippen LogP contribution in [-0.2, 0) is 4.43 Å². The van der Waals surface area contributed by atoms with Crippen LogP contribution in [0.1, 0.15) is 120 Å². The third kappa shape index (κ3) is 9.86. The third-order valence-electron chi connectivity index (χ3n) is 9.70. The van der Waals surface area contributed by atoms with Gasteiger partial charge in [-0.3, -0.25) is 9.98 Å². The van der Waals surface area contributed by atoms with Crippen LogP contribution in [-0.4, -0.2) is 38.4 Å². The molecular weight excluding hydrogens is 480 g/mol. The lowest BCUT2D eigenvalue weighted by Crippen LogP contribution is -2.40. The smallest absolute Gasteiger partial charge is 0.183 e. The summed E-state index contributed by atoms with van der Waals surface area (Å²) in [6, 6.07) is 0.872. The molecule has 0 bridgehead atoms. The first-order valence-corrected chi connectivity index (χ1v) is 19.9. The Hall–Kier alpha value is -0.483. The van der Waals surface area contributed by atoms with Crippen molar-refractivity contribution in [3.05, 3.63) is 0 Å². The van der Waals surface area contributed by atoms with Crippen molar-refractivity contribution in [1.29, 1.82) is 0 Å². The third-order valence-corrected chi connectivity index (χ3v) is 10.8. The van der Waals surface area contributed by atoms with Crippen LogP contribution in [0.3, 0.4) is 0 Å². The molecule has 222 valence electrons. The minimum absolute atomic E-state index is 0.432. The fourth-order valence-electron chi connectivity index (χ4n) is 7.42. The Bertz CT molecular complexity index is 716. The molecule has 0 heterocycles. The van der Waals surface area contributed by atoms with E-state index in [2.05, 4.69) is 82.0 Å². The van der Waals surface area contributed by atoms with Crippen LogP contribution in [0.5, 0.6) is 0 Å². The molecule has 2 rings (SSSR count). The minimum atomic E-state index is -1.51. The van der Waals surface area contributed by atoms with Gasteiger partial charge in [0.2, 0.25) is 0 Å². The van der Waals surface area contributed by atoms with E-state index >= 15 is 0 Å². The molecule has 4 heteroatoms. The first-order valence-electron chi connectivity index (χ1n) is 16.5. The topological polar surface area (TPSA) is 34.0 Å². The van der Waals surface area contributed by atoms with Crippen LogP contribution in [0.15, 0.2) is 9.98 Å². The fourth-order valence-corrected chi connectivity index (χ4v) is 8.18. The largest absolute Gasteiger partial charge is 0.418 e. The van der Waals surface area contributed by atoms with Crippen molar-refractivity contribution in [2.75, 3.05) is 6.61 Å². The summed E-state index contributed by atoms with van der Waals surface area (Å²) in [5, 5.41) is 0. The van der Waals surface area contributed by atoms with Crippen molar-refractivity contribution >= 4 is 19.7 Å². The zero-order valence-electron chi connectivity index (χ0n) is 27.6. The predicted molar refractivity (Wildman–Crippen MR) is 172 cm³/mol. The molecule has 38 heavy (non-hydrogen) atoms. The maximum Gasteiger partial charge on any atom is 0.183 e. The highest BCUT2D eigenvalue weighted by Gasteiger charge is 2.38. The Labute approximate surface area is 239 Å². The van der Waals surface area contributed by atoms with Gasteiger partial charge in [-0.25, -0.2) is 0 Å². The summed E-state index contributed by atoms with van der Waals surface area (Å²) in [4.78, 5) is 11.5. The SMILES string of the molecule is CCC(=NC1C(C(C)C)CCCC1C(C)C)C(CCCO[Si](C)(C)C)=NC1C(C(C)C)CCCC1C(C)C. The summed E-state index contributed by atoms with van der Waals surface area (Å²) >= 11 is 0. The monoisotopic (exact) mass is 546 g/mol. The molecule has 0 radical (unpaired) electrons. The summed E-state index contributed by atoms with van der Waals surface area (Å²) in [6.45, 7) is 29.5. The molecule has 3 nitrogen and oxygen atoms in total. The van der Waals surface area contributed by atoms with Crippen molar-refractivity contribution in [3.8, 4) is 0 Å². The maximum atomic E-state index is 6.29. The van der Waals surface area contributed by atoms with E-state index in [1.807, 2.05) is 0 Å². The lowest BCUT2D eigenvalue weighted by atomic mass is 9.68. The van der Waals surface area contributed by atoms with Gasteiger partial charge in [-0.1, -0.05) is 75.2 Å². The lowest BCUT2D eigenvalue weighted by Gasteiger charge is -2.41. The second-order valence-electron chi connectivity index (χ2n) is 15.0. The first-order chi connectivity index (χ1) is 17.8. The van der Waals surface area contributed by atoms with Crippen LogP contribution in [0, 0.1) is 47.3 Å². The molecule has 0 aromatic heterocycles. The second kappa shape index (κ2) is 15.5. The van der Waals surface area contributed by atoms with Gasteiger partial charge in [0.1, 0.15) is 0 Å². The highest BCUT2D eigenvalue weighted by molar-refractivity contribution is 6.69. The van der Waals surface area contributed by atoms with Crippen molar-refractivity contribution in [3.63, 3.8) is 0 Å². The van der Waals surface area contributed by atoms with E-state index in [1.165, 1.54) is 49.9 Å². The van der Waals surface area contributed by atoms with Crippen molar-refractivity contribution in [2.24, 2.45) is 57.3 Å². The van der Waals surface area contributed by atoms with Gasteiger partial charge in [0.15, 0.2) is 8.32 Å². The molecule has 2 aliphatic rings. The van der Waals surface area contributed by atoms with E-state index in [0.717, 1.165) is 25.9 Å². The zero-order valence-corrected chi connectivity index (χ0v) is 28.6. The molecule has 0 aromatic carbocycles.